The summed E-state index contributed by atoms with van der Waals surface area (Å²) in [4.78, 5) is 23.4. The van der Waals surface area contributed by atoms with Gasteiger partial charge in [0.1, 0.15) is 13.2 Å². The molecule has 0 spiro atoms. The summed E-state index contributed by atoms with van der Waals surface area (Å²) in [6, 6.07) is -0.866. The van der Waals surface area contributed by atoms with Crippen LogP contribution >= 0.6 is 7.82 Å². The number of hydrogen-bond donors (Lipinski definition) is 3. The summed E-state index contributed by atoms with van der Waals surface area (Å²) in [5.74, 6) is -0.197. The number of rotatable bonds is 56. The van der Waals surface area contributed by atoms with Crippen LogP contribution in [0.25, 0.3) is 0 Å². The molecule has 3 atom stereocenters. The number of unbranched alkanes of at least 4 members (excludes halogenated alkanes) is 29. The molecule has 8 nitrogen and oxygen atoms in total. The molecule has 0 aliphatic rings. The number of likely N-dealkylation sites (N-methyl/N-ethyl adjacent to an activating group) is 1. The molecule has 9 heteroatoms. The van der Waals surface area contributed by atoms with E-state index in [4.69, 9.17) is 9.05 Å². The third-order valence-corrected chi connectivity index (χ3v) is 14.5. The highest BCUT2D eigenvalue weighted by atomic mass is 31.2. The Hall–Kier alpha value is -2.58. The molecule has 0 bridgehead atoms. The fourth-order valence-corrected chi connectivity index (χ4v) is 9.47. The lowest BCUT2D eigenvalue weighted by atomic mass is 10.0. The number of carbonyl (C=O) groups excluding carboxylic acids is 1. The number of nitrogens with zero attached hydrogens (tertiary/aromatic N) is 1. The van der Waals surface area contributed by atoms with Crippen molar-refractivity contribution in [2.75, 3.05) is 40.9 Å². The molecule has 1 amide bonds. The van der Waals surface area contributed by atoms with Gasteiger partial charge in [0.2, 0.25) is 5.91 Å². The van der Waals surface area contributed by atoms with Gasteiger partial charge in [0.05, 0.1) is 39.9 Å². The van der Waals surface area contributed by atoms with Crippen molar-refractivity contribution < 1.29 is 32.9 Å². The number of phosphoric ester groups is 1. The lowest BCUT2D eigenvalue weighted by molar-refractivity contribution is -0.870. The summed E-state index contributed by atoms with van der Waals surface area (Å²) in [6.45, 7) is 4.70. The minimum Gasteiger partial charge on any atom is -0.387 e. The van der Waals surface area contributed by atoms with Crippen molar-refractivity contribution in [3.63, 3.8) is 0 Å². The van der Waals surface area contributed by atoms with Gasteiger partial charge in [0, 0.05) is 6.42 Å². The van der Waals surface area contributed by atoms with Crippen molar-refractivity contribution in [1.29, 1.82) is 0 Å². The Morgan fingerprint density at radius 1 is 0.467 bits per heavy atom. The van der Waals surface area contributed by atoms with Gasteiger partial charge in [-0.05, 0) is 77.0 Å². The maximum absolute atomic E-state index is 13.0. The molecule has 0 aromatic heterocycles. The molecule has 0 radical (unpaired) electrons. The van der Waals surface area contributed by atoms with Crippen LogP contribution in [0.5, 0.6) is 0 Å². The summed E-state index contributed by atoms with van der Waals surface area (Å²) in [6.07, 6.45) is 80.9. The first-order valence-corrected chi connectivity index (χ1v) is 32.6. The molecule has 75 heavy (non-hydrogen) atoms. The second-order valence-electron chi connectivity index (χ2n) is 22.1. The van der Waals surface area contributed by atoms with E-state index in [1.54, 1.807) is 6.08 Å². The monoisotopic (exact) mass is 1070 g/mol. The molecule has 0 heterocycles. The molecular weight excluding hydrogens is 948 g/mol. The Morgan fingerprint density at radius 2 is 0.800 bits per heavy atom. The number of nitrogens with one attached hydrogen (secondary N) is 1. The summed E-state index contributed by atoms with van der Waals surface area (Å²) < 4.78 is 23.8. The predicted molar refractivity (Wildman–Crippen MR) is 327 cm³/mol. The quantitative estimate of drug-likeness (QED) is 0.0243. The molecule has 434 valence electrons. The van der Waals surface area contributed by atoms with Crippen LogP contribution in [0.4, 0.5) is 0 Å². The van der Waals surface area contributed by atoms with Crippen LogP contribution in [0.15, 0.2) is 97.2 Å². The van der Waals surface area contributed by atoms with Crippen molar-refractivity contribution in [2.24, 2.45) is 0 Å². The smallest absolute Gasteiger partial charge is 0.387 e. The fraction of sp³-hybridized carbons (Fsp3) is 0.742. The Morgan fingerprint density at radius 3 is 1.17 bits per heavy atom. The molecule has 0 aromatic rings. The molecule has 0 fully saturated rings. The van der Waals surface area contributed by atoms with Gasteiger partial charge in [-0.25, -0.2) is 4.57 Å². The summed E-state index contributed by atoms with van der Waals surface area (Å²) in [5, 5.41) is 14.0. The molecular formula is C66H120N2O6P+. The lowest BCUT2D eigenvalue weighted by Gasteiger charge is -2.25. The number of phosphoric acid groups is 1. The van der Waals surface area contributed by atoms with E-state index in [1.807, 2.05) is 27.2 Å². The molecule has 0 saturated heterocycles. The van der Waals surface area contributed by atoms with E-state index in [0.717, 1.165) is 103 Å². The molecule has 0 aliphatic carbocycles. The summed E-state index contributed by atoms with van der Waals surface area (Å²) in [7, 11) is 1.55. The zero-order valence-electron chi connectivity index (χ0n) is 49.5. The number of aliphatic hydroxyl groups excluding tert-OH is 1. The van der Waals surface area contributed by atoms with Gasteiger partial charge >= 0.3 is 7.82 Å². The van der Waals surface area contributed by atoms with Crippen LogP contribution in [0.3, 0.4) is 0 Å². The van der Waals surface area contributed by atoms with Gasteiger partial charge in [-0.1, -0.05) is 278 Å². The average Bonchev–Trinajstić information content (AvgIpc) is 3.37. The number of hydrogen-bond acceptors (Lipinski definition) is 5. The largest absolute Gasteiger partial charge is 0.472 e. The number of amides is 1. The molecule has 0 saturated carbocycles. The number of carbonyl (C=O) groups is 1. The van der Waals surface area contributed by atoms with E-state index < -0.39 is 20.0 Å². The minimum atomic E-state index is -4.36. The summed E-state index contributed by atoms with van der Waals surface area (Å²) >= 11 is 0. The van der Waals surface area contributed by atoms with Crippen molar-refractivity contribution in [3.8, 4) is 0 Å². The first-order chi connectivity index (χ1) is 36.5. The Labute approximate surface area is 464 Å². The fourth-order valence-electron chi connectivity index (χ4n) is 8.73. The van der Waals surface area contributed by atoms with Gasteiger partial charge in [0.15, 0.2) is 0 Å². The third-order valence-electron chi connectivity index (χ3n) is 13.6. The van der Waals surface area contributed by atoms with Crippen molar-refractivity contribution >= 4 is 13.7 Å². The number of quaternary nitrogens is 1. The van der Waals surface area contributed by atoms with Gasteiger partial charge in [-0.3, -0.25) is 13.8 Å². The Kier molecular flexibility index (Phi) is 54.2. The first-order valence-electron chi connectivity index (χ1n) is 31.1. The van der Waals surface area contributed by atoms with E-state index in [1.165, 1.54) is 141 Å². The zero-order valence-corrected chi connectivity index (χ0v) is 50.4. The Bertz CT molecular complexity index is 1540. The van der Waals surface area contributed by atoms with Crippen molar-refractivity contribution in [3.05, 3.63) is 97.2 Å². The maximum atomic E-state index is 13.0. The molecule has 0 rings (SSSR count). The third kappa shape index (κ3) is 58.9. The minimum absolute atomic E-state index is 0.0525. The van der Waals surface area contributed by atoms with E-state index >= 15 is 0 Å². The molecule has 0 aromatic carbocycles. The van der Waals surface area contributed by atoms with Crippen LogP contribution in [-0.2, 0) is 18.4 Å². The predicted octanol–water partition coefficient (Wildman–Crippen LogP) is 19.4. The van der Waals surface area contributed by atoms with Crippen LogP contribution < -0.4 is 5.32 Å². The van der Waals surface area contributed by atoms with Crippen LogP contribution in [-0.4, -0.2) is 73.4 Å². The van der Waals surface area contributed by atoms with Crippen LogP contribution in [0.2, 0.25) is 0 Å². The Balaban J connectivity index is 4.25. The normalized spacial score (nSPS) is 14.5. The first kappa shape index (κ1) is 72.4. The standard InChI is InChI=1S/C66H119N2O6P/c1-6-8-10-12-14-16-18-20-22-24-26-28-30-32-34-36-38-40-42-44-46-48-50-52-54-56-58-60-66(70)67-64(63-74-75(71,72)73-62-61-68(3,4)5)65(69)59-57-55-53-51-49-47-45-43-41-39-37-35-33-31-29-27-25-23-21-19-17-15-13-11-9-7-2/h8,10,14,16,20,22,26,28,32,34,38,40,44,46,57,59,64-65,69H,6-7,9,11-13,15,17-19,21,23-25,27,29-31,33,35-37,39,41-43,45,47-56,58,60-63H2,1-5H3,(H-,67,70,71,72)/p+1/b10-8-,16-14-,22-20-,28-26-,34-32-,40-38-,46-44-,59-57+. The van der Waals surface area contributed by atoms with Gasteiger partial charge in [-0.2, -0.15) is 0 Å². The van der Waals surface area contributed by atoms with E-state index in [0.29, 0.717) is 17.4 Å². The highest BCUT2D eigenvalue weighted by Gasteiger charge is 2.27. The van der Waals surface area contributed by atoms with Crippen LogP contribution in [0.1, 0.15) is 264 Å². The van der Waals surface area contributed by atoms with Crippen LogP contribution in [0, 0.1) is 0 Å². The second kappa shape index (κ2) is 56.2. The van der Waals surface area contributed by atoms with E-state index in [2.05, 4.69) is 104 Å². The van der Waals surface area contributed by atoms with Crippen molar-refractivity contribution in [1.82, 2.24) is 5.32 Å². The van der Waals surface area contributed by atoms with Gasteiger partial charge in [0.25, 0.3) is 0 Å². The van der Waals surface area contributed by atoms with E-state index in [-0.39, 0.29) is 19.1 Å². The number of aliphatic hydroxyl groups is 1. The average molecular weight is 1070 g/mol. The summed E-state index contributed by atoms with van der Waals surface area (Å²) in [5.41, 5.74) is 0. The SMILES string of the molecule is CC/C=C\C/C=C\C/C=C\C/C=C\C/C=C\C/C=C\C/C=C\CCCCCCCC(=O)NC(COP(=O)(O)OCC[N+](C)(C)C)C(O)/C=C/CCCCCCCCCCCCCCCCCCCCCCCCCC. The number of allylic oxidation sites excluding steroid dienone is 15. The topological polar surface area (TPSA) is 105 Å². The second-order valence-corrected chi connectivity index (χ2v) is 23.5. The zero-order chi connectivity index (χ0) is 54.9. The van der Waals surface area contributed by atoms with Gasteiger partial charge in [-0.15, -0.1) is 0 Å². The van der Waals surface area contributed by atoms with Gasteiger partial charge < -0.3 is 19.8 Å². The van der Waals surface area contributed by atoms with E-state index in [9.17, 15) is 19.4 Å². The maximum Gasteiger partial charge on any atom is 0.472 e. The molecule has 3 N–H and O–H groups in total. The lowest BCUT2D eigenvalue weighted by Crippen LogP contribution is -2.45. The highest BCUT2D eigenvalue weighted by Crippen LogP contribution is 2.43. The van der Waals surface area contributed by atoms with Crippen molar-refractivity contribution in [2.45, 2.75) is 276 Å². The molecule has 3 unspecified atom stereocenters. The molecule has 0 aliphatic heterocycles. The highest BCUT2D eigenvalue weighted by molar-refractivity contribution is 7.47.